The molecular formula is C49H57N4+. The highest BCUT2D eigenvalue weighted by molar-refractivity contribution is 5.80. The summed E-state index contributed by atoms with van der Waals surface area (Å²) in [6.07, 6.45) is 14.1. The Morgan fingerprint density at radius 3 is 2.06 bits per heavy atom. The highest BCUT2D eigenvalue weighted by Crippen LogP contribution is 2.58. The Kier molecular flexibility index (Phi) is 8.79. The number of nitrogens with zero attached hydrogens (tertiary/aromatic N) is 4. The molecule has 53 heavy (non-hydrogen) atoms. The van der Waals surface area contributed by atoms with Crippen LogP contribution >= 0.6 is 0 Å². The molecule has 0 N–H and O–H groups in total. The van der Waals surface area contributed by atoms with Crippen LogP contribution in [0.15, 0.2) is 121 Å². The molecule has 0 spiro atoms. The van der Waals surface area contributed by atoms with Crippen LogP contribution in [0.5, 0.6) is 0 Å². The highest BCUT2D eigenvalue weighted by atomic mass is 15.4. The van der Waals surface area contributed by atoms with Crippen molar-refractivity contribution in [3.8, 4) is 28.2 Å². The van der Waals surface area contributed by atoms with E-state index in [1.165, 1.54) is 61.7 Å². The Hall–Kier alpha value is -4.83. The number of hydrogen-bond acceptors (Lipinski definition) is 2. The lowest BCUT2D eigenvalue weighted by Crippen LogP contribution is -2.70. The summed E-state index contributed by atoms with van der Waals surface area (Å²) in [5.74, 6) is 2.52. The first-order valence-corrected chi connectivity index (χ1v) is 20.1. The number of hydrogen-bond donors (Lipinski definition) is 0. The molecule has 0 saturated heterocycles. The van der Waals surface area contributed by atoms with Gasteiger partial charge in [-0.05, 0) is 95.7 Å². The third kappa shape index (κ3) is 5.19. The van der Waals surface area contributed by atoms with Crippen LogP contribution in [0.3, 0.4) is 0 Å². The van der Waals surface area contributed by atoms with Gasteiger partial charge in [-0.2, -0.15) is 4.57 Å². The number of benzene rings is 4. The fourth-order valence-electron chi connectivity index (χ4n) is 10.2. The lowest BCUT2D eigenvalue weighted by molar-refractivity contribution is -0.763. The third-order valence-electron chi connectivity index (χ3n) is 12.7. The highest BCUT2D eigenvalue weighted by Gasteiger charge is 2.62. The number of fused-ring (bicyclic) bond motifs is 6. The molecule has 5 aromatic rings. The van der Waals surface area contributed by atoms with Crippen LogP contribution in [-0.2, 0) is 11.0 Å². The summed E-state index contributed by atoms with van der Waals surface area (Å²) < 4.78 is 5.24. The molecule has 3 atom stereocenters. The van der Waals surface area contributed by atoms with E-state index in [4.69, 9.17) is 0 Å². The molecule has 8 rings (SSSR count). The maximum atomic E-state index is 2.68. The van der Waals surface area contributed by atoms with Crippen LogP contribution in [0.4, 0.5) is 5.69 Å². The van der Waals surface area contributed by atoms with Crippen molar-refractivity contribution in [2.45, 2.75) is 104 Å². The zero-order valence-electron chi connectivity index (χ0n) is 33.3. The van der Waals surface area contributed by atoms with E-state index in [1.807, 2.05) is 0 Å². The Labute approximate surface area is 318 Å². The molecular weight excluding hydrogens is 645 g/mol. The molecule has 0 saturated carbocycles. The molecule has 4 nitrogen and oxygen atoms in total. The third-order valence-corrected chi connectivity index (χ3v) is 12.7. The molecule has 0 amide bonds. The SMILES string of the molecule is CCC1(C2=Cc3ccccc3N3C=CN(CC(C)C)C23)c2ccccc2-c2n(-c3c(C(C)C)cc(-c4ccccc4)cc3C(C)C)cc[n+]2C1(C)CC. The van der Waals surface area contributed by atoms with Gasteiger partial charge in [0, 0.05) is 30.1 Å². The number of anilines is 1. The first-order chi connectivity index (χ1) is 25.5. The molecule has 3 aliphatic heterocycles. The fraction of sp³-hybridized carbons (Fsp3) is 0.367. The van der Waals surface area contributed by atoms with E-state index in [0.717, 1.165) is 19.4 Å². The minimum Gasteiger partial charge on any atom is -0.352 e. The Morgan fingerprint density at radius 2 is 1.40 bits per heavy atom. The summed E-state index contributed by atoms with van der Waals surface area (Å²) in [5, 5.41) is 0. The van der Waals surface area contributed by atoms with Gasteiger partial charge in [0.25, 0.3) is 5.82 Å². The zero-order chi connectivity index (χ0) is 37.2. The van der Waals surface area contributed by atoms with Crippen LogP contribution in [0.2, 0.25) is 0 Å². The molecule has 1 aromatic heterocycles. The van der Waals surface area contributed by atoms with Gasteiger partial charge < -0.3 is 9.80 Å². The fourth-order valence-corrected chi connectivity index (χ4v) is 10.2. The van der Waals surface area contributed by atoms with Gasteiger partial charge in [-0.15, -0.1) is 0 Å². The van der Waals surface area contributed by atoms with Gasteiger partial charge in [-0.1, -0.05) is 122 Å². The van der Waals surface area contributed by atoms with Gasteiger partial charge >= 0.3 is 0 Å². The predicted molar refractivity (Wildman–Crippen MR) is 222 cm³/mol. The Bertz CT molecular complexity index is 2190. The van der Waals surface area contributed by atoms with Crippen molar-refractivity contribution in [2.24, 2.45) is 5.92 Å². The monoisotopic (exact) mass is 701 g/mol. The van der Waals surface area contributed by atoms with E-state index in [-0.39, 0.29) is 17.1 Å². The molecule has 0 aliphatic carbocycles. The van der Waals surface area contributed by atoms with Gasteiger partial charge in [-0.3, -0.25) is 0 Å². The number of para-hydroxylation sites is 1. The summed E-state index contributed by atoms with van der Waals surface area (Å²) in [5.41, 5.74) is 13.0. The summed E-state index contributed by atoms with van der Waals surface area (Å²) in [7, 11) is 0. The van der Waals surface area contributed by atoms with Crippen LogP contribution < -0.4 is 9.47 Å². The summed E-state index contributed by atoms with van der Waals surface area (Å²) in [6, 6.07) is 34.2. The normalized spacial score (nSPS) is 21.6. The smallest absolute Gasteiger partial charge is 0.294 e. The van der Waals surface area contributed by atoms with Crippen molar-refractivity contribution in [3.05, 3.63) is 144 Å². The van der Waals surface area contributed by atoms with Crippen molar-refractivity contribution in [1.29, 1.82) is 0 Å². The van der Waals surface area contributed by atoms with Crippen molar-refractivity contribution in [1.82, 2.24) is 9.47 Å². The second-order valence-corrected chi connectivity index (χ2v) is 16.8. The minimum absolute atomic E-state index is 0.112. The largest absolute Gasteiger partial charge is 0.352 e. The van der Waals surface area contributed by atoms with Gasteiger partial charge in [0.2, 0.25) is 0 Å². The molecule has 3 unspecified atom stereocenters. The second kappa shape index (κ2) is 13.2. The van der Waals surface area contributed by atoms with Gasteiger partial charge in [0.15, 0.2) is 0 Å². The quantitative estimate of drug-likeness (QED) is 0.142. The van der Waals surface area contributed by atoms with Gasteiger partial charge in [-0.25, -0.2) is 4.57 Å². The van der Waals surface area contributed by atoms with E-state index in [1.54, 1.807) is 0 Å². The minimum atomic E-state index is -0.279. The maximum Gasteiger partial charge on any atom is 0.294 e. The molecule has 3 aliphatic rings. The molecule has 4 heteroatoms. The standard InChI is InChI=1S/C49H57N4/c1-10-48(9)49(11-2,43-31-37-21-15-18-24-44(37)51-26-25-50(47(43)51)32-33(3)4)42-23-17-16-22-39(42)46-52(27-28-53(46)48)45-40(34(5)6)29-38(30-41(45)35(7)8)36-19-13-12-14-20-36/h12-31,33-35,47H,10-11,32H2,1-9H3/q+1. The number of aromatic nitrogens is 2. The molecule has 4 aromatic carbocycles. The molecule has 0 bridgehead atoms. The van der Waals surface area contributed by atoms with Gasteiger partial charge in [0.05, 0.1) is 16.7 Å². The average Bonchev–Trinajstić information content (AvgIpc) is 3.80. The summed E-state index contributed by atoms with van der Waals surface area (Å²) >= 11 is 0. The number of imidazole rings is 1. The lowest BCUT2D eigenvalue weighted by Gasteiger charge is -2.55. The van der Waals surface area contributed by atoms with E-state index < -0.39 is 0 Å². The summed E-state index contributed by atoms with van der Waals surface area (Å²) in [4.78, 5) is 5.15. The van der Waals surface area contributed by atoms with E-state index in [0.29, 0.717) is 17.8 Å². The molecule has 272 valence electrons. The van der Waals surface area contributed by atoms with Crippen LogP contribution in [0.1, 0.15) is 109 Å². The Morgan fingerprint density at radius 1 is 0.736 bits per heavy atom. The molecule has 4 heterocycles. The predicted octanol–water partition coefficient (Wildman–Crippen LogP) is 11.8. The molecule has 0 fully saturated rings. The van der Waals surface area contributed by atoms with Crippen molar-refractivity contribution >= 4 is 11.8 Å². The summed E-state index contributed by atoms with van der Waals surface area (Å²) in [6.45, 7) is 22.5. The van der Waals surface area contributed by atoms with Crippen molar-refractivity contribution in [2.75, 3.05) is 11.4 Å². The van der Waals surface area contributed by atoms with E-state index in [2.05, 4.69) is 203 Å². The van der Waals surface area contributed by atoms with Crippen molar-refractivity contribution in [3.63, 3.8) is 0 Å². The second-order valence-electron chi connectivity index (χ2n) is 16.8. The lowest BCUT2D eigenvalue weighted by atomic mass is 9.55. The van der Waals surface area contributed by atoms with Crippen LogP contribution in [0.25, 0.3) is 34.3 Å². The van der Waals surface area contributed by atoms with Gasteiger partial charge in [0.1, 0.15) is 29.8 Å². The van der Waals surface area contributed by atoms with Crippen molar-refractivity contribution < 1.29 is 4.57 Å². The van der Waals surface area contributed by atoms with E-state index in [9.17, 15) is 0 Å². The molecule has 0 radical (unpaired) electrons. The number of rotatable bonds is 9. The van der Waals surface area contributed by atoms with Crippen LogP contribution in [0, 0.1) is 5.92 Å². The maximum absolute atomic E-state index is 2.68. The first-order valence-electron chi connectivity index (χ1n) is 20.1. The Balaban J connectivity index is 1.41. The first kappa shape index (κ1) is 35.2. The average molecular weight is 702 g/mol. The topological polar surface area (TPSA) is 15.3 Å². The zero-order valence-corrected chi connectivity index (χ0v) is 33.3. The van der Waals surface area contributed by atoms with E-state index >= 15 is 0 Å². The van der Waals surface area contributed by atoms with Crippen LogP contribution in [-0.4, -0.2) is 22.2 Å².